The molecule has 1 aliphatic heterocycles. The summed E-state index contributed by atoms with van der Waals surface area (Å²) in [6.45, 7) is 7.98. The van der Waals surface area contributed by atoms with Crippen molar-refractivity contribution in [2.24, 2.45) is 0 Å². The lowest BCUT2D eigenvalue weighted by Crippen LogP contribution is -2.49. The highest BCUT2D eigenvalue weighted by Gasteiger charge is 2.23. The molecule has 1 N–H and O–H groups in total. The van der Waals surface area contributed by atoms with Gasteiger partial charge in [-0.1, -0.05) is 32.0 Å². The van der Waals surface area contributed by atoms with Crippen LogP contribution in [0, 0.1) is 0 Å². The van der Waals surface area contributed by atoms with Crippen LogP contribution in [-0.2, 0) is 4.79 Å². The van der Waals surface area contributed by atoms with Gasteiger partial charge in [-0.2, -0.15) is 4.68 Å². The van der Waals surface area contributed by atoms with E-state index < -0.39 is 0 Å². The highest BCUT2D eigenvalue weighted by Crippen LogP contribution is 2.19. The molecule has 0 spiro atoms. The molecule has 8 nitrogen and oxygen atoms in total. The van der Waals surface area contributed by atoms with Crippen molar-refractivity contribution in [2.45, 2.75) is 26.7 Å². The number of benzene rings is 2. The molecule has 0 radical (unpaired) electrons. The third-order valence-electron chi connectivity index (χ3n) is 5.91. The number of nitrogens with one attached hydrogen (secondary N) is 1. The van der Waals surface area contributed by atoms with Crippen molar-refractivity contribution in [3.63, 3.8) is 0 Å². The molecule has 2 amide bonds. The van der Waals surface area contributed by atoms with E-state index in [1.165, 1.54) is 23.2 Å². The van der Waals surface area contributed by atoms with Crippen LogP contribution in [0.3, 0.4) is 0 Å². The number of hydrogen-bond acceptors (Lipinski definition) is 5. The molecule has 0 bridgehead atoms. The number of rotatable bonds is 5. The minimum Gasteiger partial charge on any atom is -0.352 e. The fourth-order valence-electron chi connectivity index (χ4n) is 4.01. The number of piperazine rings is 1. The van der Waals surface area contributed by atoms with Crippen LogP contribution < -0.4 is 15.8 Å². The zero-order valence-electron chi connectivity index (χ0n) is 19.7. The predicted octanol–water partition coefficient (Wildman–Crippen LogP) is 3.28. The van der Waals surface area contributed by atoms with Gasteiger partial charge in [0.15, 0.2) is 0 Å². The molecule has 1 saturated heterocycles. The van der Waals surface area contributed by atoms with E-state index in [0.29, 0.717) is 49.2 Å². The Morgan fingerprint density at radius 3 is 2.29 bits per heavy atom. The summed E-state index contributed by atoms with van der Waals surface area (Å²) in [6, 6.07) is 18.1. The van der Waals surface area contributed by atoms with Crippen molar-refractivity contribution < 1.29 is 9.59 Å². The van der Waals surface area contributed by atoms with Crippen LogP contribution >= 0.6 is 0 Å². The van der Waals surface area contributed by atoms with E-state index in [4.69, 9.17) is 0 Å². The fraction of sp³-hybridized carbons (Fsp3) is 0.308. The summed E-state index contributed by atoms with van der Waals surface area (Å²) in [4.78, 5) is 40.6. The summed E-state index contributed by atoms with van der Waals surface area (Å²) in [5.41, 5.74) is 2.88. The third kappa shape index (κ3) is 5.17. The van der Waals surface area contributed by atoms with Crippen LogP contribution in [0.15, 0.2) is 65.5 Å². The Hall–Kier alpha value is -3.94. The van der Waals surface area contributed by atoms with Crippen molar-refractivity contribution in [1.29, 1.82) is 0 Å². The van der Waals surface area contributed by atoms with E-state index in [1.54, 1.807) is 35.2 Å². The van der Waals surface area contributed by atoms with Gasteiger partial charge in [0.25, 0.3) is 11.5 Å². The maximum atomic E-state index is 13.0. The smallest absolute Gasteiger partial charge is 0.271 e. The van der Waals surface area contributed by atoms with Crippen LogP contribution in [0.25, 0.3) is 5.69 Å². The molecule has 3 aromatic rings. The Balaban J connectivity index is 1.45. The molecule has 34 heavy (non-hydrogen) atoms. The van der Waals surface area contributed by atoms with E-state index in [1.807, 2.05) is 24.3 Å². The molecule has 1 aromatic heterocycles. The Morgan fingerprint density at radius 1 is 0.941 bits per heavy atom. The second-order valence-corrected chi connectivity index (χ2v) is 8.73. The number of amides is 2. The Labute approximate surface area is 198 Å². The minimum absolute atomic E-state index is 0.0741. The Bertz CT molecular complexity index is 1240. The summed E-state index contributed by atoms with van der Waals surface area (Å²) in [6.07, 6.45) is 0. The zero-order chi connectivity index (χ0) is 24.2. The average Bonchev–Trinajstić information content (AvgIpc) is 2.84. The van der Waals surface area contributed by atoms with Crippen molar-refractivity contribution >= 4 is 23.3 Å². The van der Waals surface area contributed by atoms with Gasteiger partial charge in [0, 0.05) is 50.4 Å². The van der Waals surface area contributed by atoms with E-state index in [2.05, 4.69) is 29.2 Å². The SMILES string of the molecule is CC(=O)Nc1cccc(C(=O)N2CCN(c3ccc(=O)n(-c4ccc(C(C)C)cc4)n3)CC2)c1. The molecule has 176 valence electrons. The van der Waals surface area contributed by atoms with Crippen molar-refractivity contribution in [2.75, 3.05) is 36.4 Å². The molecular formula is C26H29N5O3. The average molecular weight is 460 g/mol. The van der Waals surface area contributed by atoms with Crippen LogP contribution in [0.4, 0.5) is 11.5 Å². The molecule has 1 fully saturated rings. The van der Waals surface area contributed by atoms with Gasteiger partial charge in [0.05, 0.1) is 5.69 Å². The van der Waals surface area contributed by atoms with Gasteiger partial charge < -0.3 is 15.1 Å². The Morgan fingerprint density at radius 2 is 1.65 bits per heavy atom. The standard InChI is InChI=1S/C26H29N5O3/c1-18(2)20-7-9-23(10-8-20)31-25(33)12-11-24(28-31)29-13-15-30(16-14-29)26(34)21-5-4-6-22(17-21)27-19(3)32/h4-12,17-18H,13-16H2,1-3H3,(H,27,32). The van der Waals surface area contributed by atoms with Gasteiger partial charge >= 0.3 is 0 Å². The minimum atomic E-state index is -0.186. The van der Waals surface area contributed by atoms with Gasteiger partial charge in [-0.25, -0.2) is 0 Å². The van der Waals surface area contributed by atoms with Crippen molar-refractivity contribution in [1.82, 2.24) is 14.7 Å². The van der Waals surface area contributed by atoms with E-state index >= 15 is 0 Å². The van der Waals surface area contributed by atoms with Gasteiger partial charge in [-0.05, 0) is 47.9 Å². The number of aromatic nitrogens is 2. The van der Waals surface area contributed by atoms with E-state index in [9.17, 15) is 14.4 Å². The summed E-state index contributed by atoms with van der Waals surface area (Å²) >= 11 is 0. The van der Waals surface area contributed by atoms with E-state index in [-0.39, 0.29) is 17.4 Å². The summed E-state index contributed by atoms with van der Waals surface area (Å²) in [5.74, 6) is 0.863. The maximum absolute atomic E-state index is 13.0. The number of anilines is 2. The van der Waals surface area contributed by atoms with Crippen molar-refractivity contribution in [3.05, 3.63) is 82.1 Å². The lowest BCUT2D eigenvalue weighted by atomic mass is 10.0. The number of carbonyl (C=O) groups excluding carboxylic acids is 2. The van der Waals surface area contributed by atoms with Gasteiger partial charge in [-0.15, -0.1) is 5.10 Å². The molecule has 0 atom stereocenters. The quantitative estimate of drug-likeness (QED) is 0.633. The van der Waals surface area contributed by atoms with Gasteiger partial charge in [0.1, 0.15) is 5.82 Å². The molecule has 4 rings (SSSR count). The molecule has 2 heterocycles. The molecule has 2 aromatic carbocycles. The number of carbonyl (C=O) groups is 2. The van der Waals surface area contributed by atoms with Crippen LogP contribution in [0.5, 0.6) is 0 Å². The van der Waals surface area contributed by atoms with Crippen LogP contribution in [-0.4, -0.2) is 52.7 Å². The summed E-state index contributed by atoms with van der Waals surface area (Å²) < 4.78 is 1.42. The first-order chi connectivity index (χ1) is 16.3. The summed E-state index contributed by atoms with van der Waals surface area (Å²) in [7, 11) is 0. The number of nitrogens with zero attached hydrogens (tertiary/aromatic N) is 4. The van der Waals surface area contributed by atoms with Crippen LogP contribution in [0.2, 0.25) is 0 Å². The van der Waals surface area contributed by atoms with Gasteiger partial charge in [0.2, 0.25) is 5.91 Å². The second-order valence-electron chi connectivity index (χ2n) is 8.73. The lowest BCUT2D eigenvalue weighted by molar-refractivity contribution is -0.114. The highest BCUT2D eigenvalue weighted by molar-refractivity contribution is 5.97. The number of hydrogen-bond donors (Lipinski definition) is 1. The van der Waals surface area contributed by atoms with E-state index in [0.717, 1.165) is 5.69 Å². The normalized spacial score (nSPS) is 13.8. The lowest BCUT2D eigenvalue weighted by Gasteiger charge is -2.35. The molecule has 8 heteroatoms. The van der Waals surface area contributed by atoms with Gasteiger partial charge in [-0.3, -0.25) is 14.4 Å². The maximum Gasteiger partial charge on any atom is 0.271 e. The molecule has 0 unspecified atom stereocenters. The largest absolute Gasteiger partial charge is 0.352 e. The first kappa shape index (κ1) is 23.2. The first-order valence-electron chi connectivity index (χ1n) is 11.4. The summed E-state index contributed by atoms with van der Waals surface area (Å²) in [5, 5.41) is 7.30. The topological polar surface area (TPSA) is 87.5 Å². The zero-order valence-corrected chi connectivity index (χ0v) is 19.7. The first-order valence-corrected chi connectivity index (χ1v) is 11.4. The van der Waals surface area contributed by atoms with Crippen LogP contribution in [0.1, 0.15) is 42.6 Å². The predicted molar refractivity (Wildman–Crippen MR) is 133 cm³/mol. The molecule has 0 aliphatic carbocycles. The third-order valence-corrected chi connectivity index (χ3v) is 5.91. The highest BCUT2D eigenvalue weighted by atomic mass is 16.2. The molecule has 0 saturated carbocycles. The van der Waals surface area contributed by atoms with Crippen molar-refractivity contribution in [3.8, 4) is 5.69 Å². The Kier molecular flexibility index (Phi) is 6.77. The molecular weight excluding hydrogens is 430 g/mol. The fourth-order valence-corrected chi connectivity index (χ4v) is 4.01. The monoisotopic (exact) mass is 459 g/mol. The second kappa shape index (κ2) is 9.91. The molecule has 1 aliphatic rings.